The fourth-order valence-corrected chi connectivity index (χ4v) is 2.78. The lowest BCUT2D eigenvalue weighted by Gasteiger charge is -2.36. The first-order valence-corrected chi connectivity index (χ1v) is 7.47. The maximum atomic E-state index is 6.22. The van der Waals surface area contributed by atoms with Crippen LogP contribution >= 0.6 is 0 Å². The summed E-state index contributed by atoms with van der Waals surface area (Å²) >= 11 is 0. The molecule has 1 aliphatic rings. The van der Waals surface area contributed by atoms with E-state index >= 15 is 0 Å². The Balaban J connectivity index is 2.10. The van der Waals surface area contributed by atoms with E-state index in [-0.39, 0.29) is 0 Å². The standard InChI is InChI=1S/C14H27N5/c1-4-6-17-8-10-18(11-9-17)14-13(15)12(3)16-19(14)7-5-2/h4-11,15H2,1-3H3. The largest absolute Gasteiger partial charge is 0.394 e. The molecule has 0 aliphatic carbocycles. The van der Waals surface area contributed by atoms with Crippen molar-refractivity contribution in [3.05, 3.63) is 5.69 Å². The highest BCUT2D eigenvalue weighted by Crippen LogP contribution is 2.27. The van der Waals surface area contributed by atoms with Crippen LogP contribution in [0.3, 0.4) is 0 Å². The molecule has 0 unspecified atom stereocenters. The van der Waals surface area contributed by atoms with Gasteiger partial charge in [0.25, 0.3) is 0 Å². The Morgan fingerprint density at radius 1 is 1.05 bits per heavy atom. The van der Waals surface area contributed by atoms with Gasteiger partial charge in [0.05, 0.1) is 11.4 Å². The normalized spacial score (nSPS) is 17.1. The lowest BCUT2D eigenvalue weighted by Crippen LogP contribution is -2.47. The second-order valence-electron chi connectivity index (χ2n) is 5.37. The smallest absolute Gasteiger partial charge is 0.150 e. The number of piperazine rings is 1. The zero-order chi connectivity index (χ0) is 13.8. The number of hydrogen-bond donors (Lipinski definition) is 1. The number of hydrogen-bond acceptors (Lipinski definition) is 4. The summed E-state index contributed by atoms with van der Waals surface area (Å²) in [4.78, 5) is 4.93. The average Bonchev–Trinajstić information content (AvgIpc) is 2.67. The lowest BCUT2D eigenvalue weighted by molar-refractivity contribution is 0.257. The molecule has 108 valence electrons. The number of anilines is 2. The molecule has 5 nitrogen and oxygen atoms in total. The molecular formula is C14H27N5. The van der Waals surface area contributed by atoms with E-state index in [0.717, 1.165) is 56.3 Å². The van der Waals surface area contributed by atoms with Gasteiger partial charge in [0, 0.05) is 32.7 Å². The number of nitrogen functional groups attached to an aromatic ring is 1. The molecule has 2 N–H and O–H groups in total. The highest BCUT2D eigenvalue weighted by molar-refractivity contribution is 5.66. The van der Waals surface area contributed by atoms with Gasteiger partial charge in [-0.05, 0) is 26.3 Å². The molecule has 1 fully saturated rings. The molecule has 2 rings (SSSR count). The van der Waals surface area contributed by atoms with Crippen molar-refractivity contribution in [1.82, 2.24) is 14.7 Å². The zero-order valence-corrected chi connectivity index (χ0v) is 12.5. The number of nitrogens with two attached hydrogens (primary N) is 1. The van der Waals surface area contributed by atoms with Gasteiger partial charge in [0.1, 0.15) is 0 Å². The van der Waals surface area contributed by atoms with E-state index in [2.05, 4.69) is 33.4 Å². The predicted molar refractivity (Wildman–Crippen MR) is 80.6 cm³/mol. The van der Waals surface area contributed by atoms with Gasteiger partial charge in [-0.2, -0.15) is 5.10 Å². The first-order chi connectivity index (χ1) is 9.17. The number of nitrogens with zero attached hydrogens (tertiary/aromatic N) is 4. The van der Waals surface area contributed by atoms with Crippen LogP contribution in [0.25, 0.3) is 0 Å². The minimum atomic E-state index is 0.859. The molecule has 0 atom stereocenters. The summed E-state index contributed by atoms with van der Waals surface area (Å²) in [7, 11) is 0. The highest BCUT2D eigenvalue weighted by Gasteiger charge is 2.22. The summed E-state index contributed by atoms with van der Waals surface area (Å²) in [6, 6.07) is 0. The third-order valence-electron chi connectivity index (χ3n) is 3.79. The third kappa shape index (κ3) is 3.03. The van der Waals surface area contributed by atoms with Crippen LogP contribution < -0.4 is 10.6 Å². The topological polar surface area (TPSA) is 50.3 Å². The molecule has 0 spiro atoms. The summed E-state index contributed by atoms with van der Waals surface area (Å²) in [5.74, 6) is 1.13. The van der Waals surface area contributed by atoms with Crippen LogP contribution in [0.1, 0.15) is 32.4 Å². The Morgan fingerprint density at radius 3 is 2.26 bits per heavy atom. The quantitative estimate of drug-likeness (QED) is 0.880. The molecule has 5 heteroatoms. The van der Waals surface area contributed by atoms with E-state index in [0.29, 0.717) is 0 Å². The summed E-state index contributed by atoms with van der Waals surface area (Å²) in [6.45, 7) is 12.9. The van der Waals surface area contributed by atoms with Crippen molar-refractivity contribution < 1.29 is 0 Å². The Morgan fingerprint density at radius 2 is 1.68 bits per heavy atom. The second-order valence-corrected chi connectivity index (χ2v) is 5.37. The fraction of sp³-hybridized carbons (Fsp3) is 0.786. The first kappa shape index (κ1) is 14.2. The van der Waals surface area contributed by atoms with Crippen molar-refractivity contribution in [2.45, 2.75) is 40.2 Å². The van der Waals surface area contributed by atoms with Crippen LogP contribution in [0.5, 0.6) is 0 Å². The van der Waals surface area contributed by atoms with E-state index in [1.807, 2.05) is 6.92 Å². The molecule has 0 saturated carbocycles. The average molecular weight is 265 g/mol. The van der Waals surface area contributed by atoms with Crippen LogP contribution in [0.4, 0.5) is 11.5 Å². The summed E-state index contributed by atoms with van der Waals surface area (Å²) in [6.07, 6.45) is 2.32. The van der Waals surface area contributed by atoms with Crippen molar-refractivity contribution in [1.29, 1.82) is 0 Å². The van der Waals surface area contributed by atoms with Gasteiger partial charge < -0.3 is 10.6 Å². The molecular weight excluding hydrogens is 238 g/mol. The van der Waals surface area contributed by atoms with Crippen LogP contribution in [-0.4, -0.2) is 47.4 Å². The molecule has 19 heavy (non-hydrogen) atoms. The molecule has 1 aromatic heterocycles. The molecule has 1 aliphatic heterocycles. The summed E-state index contributed by atoms with van der Waals surface area (Å²) < 4.78 is 2.08. The number of rotatable bonds is 5. The molecule has 0 aromatic carbocycles. The van der Waals surface area contributed by atoms with Crippen molar-refractivity contribution in [2.24, 2.45) is 0 Å². The number of aryl methyl sites for hydroxylation is 2. The van der Waals surface area contributed by atoms with E-state index < -0.39 is 0 Å². The highest BCUT2D eigenvalue weighted by atomic mass is 15.4. The van der Waals surface area contributed by atoms with Crippen LogP contribution in [-0.2, 0) is 6.54 Å². The lowest BCUT2D eigenvalue weighted by atomic mass is 10.2. The molecule has 2 heterocycles. The predicted octanol–water partition coefficient (Wildman–Crippen LogP) is 1.72. The number of aromatic nitrogens is 2. The van der Waals surface area contributed by atoms with E-state index in [1.165, 1.54) is 13.0 Å². The van der Waals surface area contributed by atoms with Crippen molar-refractivity contribution >= 4 is 11.5 Å². The van der Waals surface area contributed by atoms with Crippen LogP contribution in [0, 0.1) is 6.92 Å². The maximum absolute atomic E-state index is 6.22. The summed E-state index contributed by atoms with van der Waals surface area (Å²) in [5, 5.41) is 4.57. The van der Waals surface area contributed by atoms with E-state index in [9.17, 15) is 0 Å². The minimum absolute atomic E-state index is 0.859. The molecule has 1 saturated heterocycles. The molecule has 0 radical (unpaired) electrons. The second kappa shape index (κ2) is 6.28. The zero-order valence-electron chi connectivity index (χ0n) is 12.5. The van der Waals surface area contributed by atoms with Crippen molar-refractivity contribution in [2.75, 3.05) is 43.4 Å². The van der Waals surface area contributed by atoms with Crippen molar-refractivity contribution in [3.8, 4) is 0 Å². The van der Waals surface area contributed by atoms with Gasteiger partial charge in [-0.25, -0.2) is 4.68 Å². The Labute approximate surface area is 116 Å². The minimum Gasteiger partial charge on any atom is -0.394 e. The van der Waals surface area contributed by atoms with E-state index in [1.54, 1.807) is 0 Å². The van der Waals surface area contributed by atoms with Gasteiger partial charge in [-0.1, -0.05) is 13.8 Å². The Kier molecular flexibility index (Phi) is 4.69. The van der Waals surface area contributed by atoms with Crippen LogP contribution in [0.2, 0.25) is 0 Å². The first-order valence-electron chi connectivity index (χ1n) is 7.47. The SMILES string of the molecule is CCCN1CCN(c2c(N)c(C)nn2CCC)CC1. The van der Waals surface area contributed by atoms with E-state index in [4.69, 9.17) is 5.73 Å². The molecule has 0 amide bonds. The Hall–Kier alpha value is -1.23. The van der Waals surface area contributed by atoms with Gasteiger partial charge in [-0.15, -0.1) is 0 Å². The van der Waals surface area contributed by atoms with Crippen molar-refractivity contribution in [3.63, 3.8) is 0 Å². The third-order valence-corrected chi connectivity index (χ3v) is 3.79. The molecule has 1 aromatic rings. The van der Waals surface area contributed by atoms with Gasteiger partial charge in [-0.3, -0.25) is 4.90 Å². The maximum Gasteiger partial charge on any atom is 0.150 e. The molecule has 0 bridgehead atoms. The fourth-order valence-electron chi connectivity index (χ4n) is 2.78. The van der Waals surface area contributed by atoms with Gasteiger partial charge in [0.2, 0.25) is 0 Å². The van der Waals surface area contributed by atoms with Gasteiger partial charge in [0.15, 0.2) is 5.82 Å². The van der Waals surface area contributed by atoms with Crippen LogP contribution in [0.15, 0.2) is 0 Å². The summed E-state index contributed by atoms with van der Waals surface area (Å²) in [5.41, 5.74) is 8.04. The monoisotopic (exact) mass is 265 g/mol. The van der Waals surface area contributed by atoms with Gasteiger partial charge >= 0.3 is 0 Å². The Bertz CT molecular complexity index is 404.